The average molecular weight is 352 g/mol. The first-order valence-corrected chi connectivity index (χ1v) is 7.55. The topological polar surface area (TPSA) is 68.0 Å². The quantitative estimate of drug-likeness (QED) is 0.783. The molecule has 0 aliphatic heterocycles. The number of rotatable bonds is 4. The second-order valence-corrected chi connectivity index (χ2v) is 6.82. The molecule has 0 unspecified atom stereocenters. The van der Waals surface area contributed by atoms with Crippen LogP contribution in [0.4, 0.5) is 0 Å². The van der Waals surface area contributed by atoms with Crippen LogP contribution in [0, 0.1) is 0 Å². The standard InChI is InChI=1S/C13H10BrN3O2S/c14-12-4-2-9(20-12)5-6-17-11-7-8(13(18)19)1-3-10(11)15-16-17/h1-4,7H,5-6H2,(H,18,19). The number of carbonyl (C=O) groups is 1. The van der Waals surface area contributed by atoms with Gasteiger partial charge in [0.15, 0.2) is 0 Å². The monoisotopic (exact) mass is 351 g/mol. The molecule has 3 rings (SSSR count). The van der Waals surface area contributed by atoms with Crippen molar-refractivity contribution in [2.24, 2.45) is 0 Å². The summed E-state index contributed by atoms with van der Waals surface area (Å²) >= 11 is 5.12. The molecule has 0 aliphatic carbocycles. The first kappa shape index (κ1) is 13.3. The summed E-state index contributed by atoms with van der Waals surface area (Å²) in [4.78, 5) is 12.3. The third-order valence-electron chi connectivity index (χ3n) is 2.96. The molecular weight excluding hydrogens is 342 g/mol. The molecule has 0 bridgehead atoms. The molecule has 20 heavy (non-hydrogen) atoms. The summed E-state index contributed by atoms with van der Waals surface area (Å²) < 4.78 is 2.85. The predicted molar refractivity (Wildman–Crippen MR) is 80.2 cm³/mol. The Labute approximate surface area is 127 Å². The van der Waals surface area contributed by atoms with E-state index in [1.807, 2.05) is 6.07 Å². The third kappa shape index (κ3) is 2.59. The fourth-order valence-electron chi connectivity index (χ4n) is 1.97. The molecule has 0 saturated heterocycles. The molecule has 0 atom stereocenters. The zero-order chi connectivity index (χ0) is 14.1. The van der Waals surface area contributed by atoms with Gasteiger partial charge in [0, 0.05) is 17.8 Å². The fourth-order valence-corrected chi connectivity index (χ4v) is 3.44. The van der Waals surface area contributed by atoms with E-state index >= 15 is 0 Å². The van der Waals surface area contributed by atoms with Crippen LogP contribution in [0.5, 0.6) is 0 Å². The molecule has 0 fully saturated rings. The number of fused-ring (bicyclic) bond motifs is 1. The molecule has 0 spiro atoms. The smallest absolute Gasteiger partial charge is 0.335 e. The normalized spacial score (nSPS) is 11.1. The van der Waals surface area contributed by atoms with Crippen molar-refractivity contribution in [2.45, 2.75) is 13.0 Å². The maximum atomic E-state index is 11.0. The molecule has 2 heterocycles. The van der Waals surface area contributed by atoms with Gasteiger partial charge in [-0.1, -0.05) is 5.21 Å². The van der Waals surface area contributed by atoms with Gasteiger partial charge in [-0.3, -0.25) is 0 Å². The van der Waals surface area contributed by atoms with Crippen LogP contribution in [0.15, 0.2) is 34.1 Å². The molecule has 7 heteroatoms. The Morgan fingerprint density at radius 3 is 2.90 bits per heavy atom. The van der Waals surface area contributed by atoms with E-state index in [2.05, 4.69) is 32.3 Å². The zero-order valence-corrected chi connectivity index (χ0v) is 12.7. The molecule has 0 saturated carbocycles. The van der Waals surface area contributed by atoms with Gasteiger partial charge in [-0.05, 0) is 46.3 Å². The van der Waals surface area contributed by atoms with Crippen LogP contribution in [0.3, 0.4) is 0 Å². The SMILES string of the molecule is O=C(O)c1ccc2nnn(CCc3ccc(Br)s3)c2c1. The van der Waals surface area contributed by atoms with Gasteiger partial charge in [-0.15, -0.1) is 16.4 Å². The Balaban J connectivity index is 1.87. The van der Waals surface area contributed by atoms with E-state index in [0.717, 1.165) is 15.7 Å². The van der Waals surface area contributed by atoms with Gasteiger partial charge in [0.1, 0.15) is 5.52 Å². The maximum Gasteiger partial charge on any atom is 0.335 e. The first-order chi connectivity index (χ1) is 9.63. The molecular formula is C13H10BrN3O2S. The molecule has 2 aromatic heterocycles. The highest BCUT2D eigenvalue weighted by atomic mass is 79.9. The summed E-state index contributed by atoms with van der Waals surface area (Å²) in [5, 5.41) is 17.2. The minimum absolute atomic E-state index is 0.250. The summed E-state index contributed by atoms with van der Waals surface area (Å²) in [6.45, 7) is 0.673. The summed E-state index contributed by atoms with van der Waals surface area (Å²) in [7, 11) is 0. The number of hydrogen-bond donors (Lipinski definition) is 1. The van der Waals surface area contributed by atoms with Gasteiger partial charge >= 0.3 is 5.97 Å². The van der Waals surface area contributed by atoms with Crippen LogP contribution in [0.2, 0.25) is 0 Å². The van der Waals surface area contributed by atoms with E-state index in [0.29, 0.717) is 12.1 Å². The van der Waals surface area contributed by atoms with Crippen LogP contribution in [0.1, 0.15) is 15.2 Å². The zero-order valence-electron chi connectivity index (χ0n) is 10.3. The molecule has 102 valence electrons. The highest BCUT2D eigenvalue weighted by Gasteiger charge is 2.09. The maximum absolute atomic E-state index is 11.0. The van der Waals surface area contributed by atoms with Crippen molar-refractivity contribution in [3.05, 3.63) is 44.6 Å². The lowest BCUT2D eigenvalue weighted by atomic mass is 10.2. The number of thiophene rings is 1. The van der Waals surface area contributed by atoms with Crippen molar-refractivity contribution in [3.8, 4) is 0 Å². The number of benzene rings is 1. The number of halogens is 1. The molecule has 0 aliphatic rings. The number of aromatic nitrogens is 3. The van der Waals surface area contributed by atoms with Crippen molar-refractivity contribution in [2.75, 3.05) is 0 Å². The van der Waals surface area contributed by atoms with Gasteiger partial charge in [-0.25, -0.2) is 9.48 Å². The Bertz CT molecular complexity index is 781. The lowest BCUT2D eigenvalue weighted by Gasteiger charge is -2.01. The van der Waals surface area contributed by atoms with Crippen LogP contribution >= 0.6 is 27.3 Å². The third-order valence-corrected chi connectivity index (χ3v) is 4.64. The summed E-state index contributed by atoms with van der Waals surface area (Å²) in [5.74, 6) is -0.943. The van der Waals surface area contributed by atoms with Crippen LogP contribution in [0.25, 0.3) is 11.0 Å². The molecule has 0 amide bonds. The van der Waals surface area contributed by atoms with Crippen LogP contribution < -0.4 is 0 Å². The summed E-state index contributed by atoms with van der Waals surface area (Å²) in [6, 6.07) is 8.92. The minimum atomic E-state index is -0.943. The average Bonchev–Trinajstić information content (AvgIpc) is 3.02. The number of nitrogens with zero attached hydrogens (tertiary/aromatic N) is 3. The van der Waals surface area contributed by atoms with Crippen LogP contribution in [-0.2, 0) is 13.0 Å². The Morgan fingerprint density at radius 2 is 2.20 bits per heavy atom. The number of aromatic carboxylic acids is 1. The lowest BCUT2D eigenvalue weighted by Crippen LogP contribution is -2.03. The second kappa shape index (κ2) is 5.34. The molecule has 5 nitrogen and oxygen atoms in total. The number of hydrogen-bond acceptors (Lipinski definition) is 4. The number of aryl methyl sites for hydroxylation is 2. The highest BCUT2D eigenvalue weighted by Crippen LogP contribution is 2.23. The number of carboxylic acids is 1. The van der Waals surface area contributed by atoms with Crippen molar-refractivity contribution < 1.29 is 9.90 Å². The van der Waals surface area contributed by atoms with E-state index in [-0.39, 0.29) is 5.56 Å². The number of carboxylic acid groups (broad SMARTS) is 1. The van der Waals surface area contributed by atoms with Crippen molar-refractivity contribution >= 4 is 44.3 Å². The fraction of sp³-hybridized carbons (Fsp3) is 0.154. The van der Waals surface area contributed by atoms with Crippen molar-refractivity contribution in [3.63, 3.8) is 0 Å². The predicted octanol–water partition coefficient (Wildman–Crippen LogP) is 3.20. The lowest BCUT2D eigenvalue weighted by molar-refractivity contribution is 0.0697. The second-order valence-electron chi connectivity index (χ2n) is 4.28. The van der Waals surface area contributed by atoms with Gasteiger partial charge in [-0.2, -0.15) is 0 Å². The molecule has 0 radical (unpaired) electrons. The largest absolute Gasteiger partial charge is 0.478 e. The highest BCUT2D eigenvalue weighted by molar-refractivity contribution is 9.11. The van der Waals surface area contributed by atoms with E-state index < -0.39 is 5.97 Å². The van der Waals surface area contributed by atoms with Gasteiger partial charge in [0.2, 0.25) is 0 Å². The molecule has 1 aromatic carbocycles. The van der Waals surface area contributed by atoms with E-state index in [9.17, 15) is 4.79 Å². The molecule has 3 aromatic rings. The van der Waals surface area contributed by atoms with Gasteiger partial charge in [0.25, 0.3) is 0 Å². The van der Waals surface area contributed by atoms with Gasteiger partial charge < -0.3 is 5.11 Å². The summed E-state index contributed by atoms with van der Waals surface area (Å²) in [6.07, 6.45) is 0.839. The first-order valence-electron chi connectivity index (χ1n) is 5.94. The van der Waals surface area contributed by atoms with E-state index in [4.69, 9.17) is 5.11 Å². The minimum Gasteiger partial charge on any atom is -0.478 e. The van der Waals surface area contributed by atoms with Crippen molar-refractivity contribution in [1.82, 2.24) is 15.0 Å². The summed E-state index contributed by atoms with van der Waals surface area (Å²) in [5.41, 5.74) is 1.71. The Kier molecular flexibility index (Phi) is 3.54. The van der Waals surface area contributed by atoms with Gasteiger partial charge in [0.05, 0.1) is 14.9 Å². The van der Waals surface area contributed by atoms with Crippen LogP contribution in [-0.4, -0.2) is 26.1 Å². The Morgan fingerprint density at radius 1 is 1.35 bits per heavy atom. The van der Waals surface area contributed by atoms with Crippen molar-refractivity contribution in [1.29, 1.82) is 0 Å². The Hall–Kier alpha value is -1.73. The van der Waals surface area contributed by atoms with E-state index in [1.165, 1.54) is 4.88 Å². The molecule has 1 N–H and O–H groups in total. The van der Waals surface area contributed by atoms with E-state index in [1.54, 1.807) is 34.2 Å².